The molecule has 3 aromatic carbocycles. The van der Waals surface area contributed by atoms with Crippen LogP contribution in [0.15, 0.2) is 72.8 Å². The van der Waals surface area contributed by atoms with Crippen molar-refractivity contribution in [2.24, 2.45) is 0 Å². The van der Waals surface area contributed by atoms with E-state index >= 15 is 0 Å². The number of amides is 2. The number of carbonyl (C=O) groups excluding carboxylic acids is 2. The third kappa shape index (κ3) is 5.05. The molecule has 0 radical (unpaired) electrons. The molecule has 0 heterocycles. The smallest absolute Gasteiger partial charge is 0.255 e. The first kappa shape index (κ1) is 19.8. The van der Waals surface area contributed by atoms with Crippen LogP contribution in [0.3, 0.4) is 0 Å². The van der Waals surface area contributed by atoms with Crippen LogP contribution in [-0.2, 0) is 6.42 Å². The van der Waals surface area contributed by atoms with Crippen LogP contribution in [0.4, 0.5) is 10.1 Å². The highest BCUT2D eigenvalue weighted by atomic mass is 19.1. The van der Waals surface area contributed by atoms with Gasteiger partial charge in [-0.15, -0.1) is 0 Å². The standard InChI is InChI=1S/C23H18FN3O2/c24-20-7-3-1-5-16(20)13-14-26-22(28)17-9-11-18(12-10-17)23(29)27-21-8-4-2-6-19(21)15-25/h1-12H,13-14H2,(H,26,28)(H,27,29). The third-order valence-corrected chi connectivity index (χ3v) is 4.34. The first-order valence-electron chi connectivity index (χ1n) is 9.00. The fourth-order valence-corrected chi connectivity index (χ4v) is 2.77. The van der Waals surface area contributed by atoms with Crippen LogP contribution < -0.4 is 10.6 Å². The van der Waals surface area contributed by atoms with Gasteiger partial charge in [0, 0.05) is 17.7 Å². The maximum absolute atomic E-state index is 13.6. The lowest BCUT2D eigenvalue weighted by molar-refractivity contribution is 0.0952. The highest BCUT2D eigenvalue weighted by molar-refractivity contribution is 6.05. The van der Waals surface area contributed by atoms with E-state index in [1.54, 1.807) is 54.6 Å². The second-order valence-electron chi connectivity index (χ2n) is 6.29. The van der Waals surface area contributed by atoms with Gasteiger partial charge < -0.3 is 10.6 Å². The zero-order valence-electron chi connectivity index (χ0n) is 15.5. The SMILES string of the molecule is N#Cc1ccccc1NC(=O)c1ccc(C(=O)NCCc2ccccc2F)cc1. The van der Waals surface area contributed by atoms with Crippen molar-refractivity contribution in [3.05, 3.63) is 101 Å². The molecule has 0 saturated carbocycles. The largest absolute Gasteiger partial charge is 0.352 e. The van der Waals surface area contributed by atoms with Gasteiger partial charge in [0.15, 0.2) is 0 Å². The van der Waals surface area contributed by atoms with Gasteiger partial charge >= 0.3 is 0 Å². The minimum absolute atomic E-state index is 0.296. The molecule has 0 saturated heterocycles. The maximum atomic E-state index is 13.6. The number of halogens is 1. The number of carbonyl (C=O) groups is 2. The van der Waals surface area contributed by atoms with Crippen LogP contribution in [0.5, 0.6) is 0 Å². The molecule has 0 fully saturated rings. The van der Waals surface area contributed by atoms with Crippen molar-refractivity contribution in [2.45, 2.75) is 6.42 Å². The van der Waals surface area contributed by atoms with Gasteiger partial charge in [0.25, 0.3) is 11.8 Å². The molecule has 3 aromatic rings. The van der Waals surface area contributed by atoms with E-state index in [-0.39, 0.29) is 17.6 Å². The quantitative estimate of drug-likeness (QED) is 0.673. The summed E-state index contributed by atoms with van der Waals surface area (Å²) in [7, 11) is 0. The van der Waals surface area contributed by atoms with Crippen molar-refractivity contribution in [3.8, 4) is 6.07 Å². The number of benzene rings is 3. The first-order chi connectivity index (χ1) is 14.1. The Kier molecular flexibility index (Phi) is 6.33. The average Bonchev–Trinajstić information content (AvgIpc) is 2.75. The monoisotopic (exact) mass is 387 g/mol. The number of hydrogen-bond acceptors (Lipinski definition) is 3. The Morgan fingerprint density at radius 3 is 2.17 bits per heavy atom. The van der Waals surface area contributed by atoms with Crippen LogP contribution in [0.25, 0.3) is 0 Å². The third-order valence-electron chi connectivity index (χ3n) is 4.34. The van der Waals surface area contributed by atoms with Gasteiger partial charge in [0.2, 0.25) is 0 Å². The Morgan fingerprint density at radius 2 is 1.48 bits per heavy atom. The zero-order chi connectivity index (χ0) is 20.6. The van der Waals surface area contributed by atoms with Crippen molar-refractivity contribution < 1.29 is 14.0 Å². The number of nitriles is 1. The first-order valence-corrected chi connectivity index (χ1v) is 9.00. The molecule has 0 aliphatic heterocycles. The normalized spacial score (nSPS) is 10.1. The molecule has 2 N–H and O–H groups in total. The minimum Gasteiger partial charge on any atom is -0.352 e. The molecule has 0 aliphatic rings. The van der Waals surface area contributed by atoms with Gasteiger partial charge in [-0.1, -0.05) is 30.3 Å². The predicted molar refractivity (Wildman–Crippen MR) is 108 cm³/mol. The summed E-state index contributed by atoms with van der Waals surface area (Å²) in [6, 6.07) is 21.3. The van der Waals surface area contributed by atoms with Gasteiger partial charge in [0.05, 0.1) is 11.3 Å². The Balaban J connectivity index is 1.57. The summed E-state index contributed by atoms with van der Waals surface area (Å²) >= 11 is 0. The van der Waals surface area contributed by atoms with Crippen molar-refractivity contribution in [3.63, 3.8) is 0 Å². The van der Waals surface area contributed by atoms with E-state index in [9.17, 15) is 14.0 Å². The number of nitrogens with one attached hydrogen (secondary N) is 2. The summed E-state index contributed by atoms with van der Waals surface area (Å²) in [5.74, 6) is -0.975. The lowest BCUT2D eigenvalue weighted by Gasteiger charge is -2.08. The highest BCUT2D eigenvalue weighted by Crippen LogP contribution is 2.15. The summed E-state index contributed by atoms with van der Waals surface area (Å²) < 4.78 is 13.6. The van der Waals surface area contributed by atoms with Crippen LogP contribution in [-0.4, -0.2) is 18.4 Å². The van der Waals surface area contributed by atoms with Gasteiger partial charge in [-0.25, -0.2) is 4.39 Å². The average molecular weight is 387 g/mol. The fourth-order valence-electron chi connectivity index (χ4n) is 2.77. The van der Waals surface area contributed by atoms with E-state index in [2.05, 4.69) is 10.6 Å². The number of rotatable bonds is 6. The van der Waals surface area contributed by atoms with Crippen LogP contribution >= 0.6 is 0 Å². The number of hydrogen-bond donors (Lipinski definition) is 2. The molecule has 0 aliphatic carbocycles. The zero-order valence-corrected chi connectivity index (χ0v) is 15.5. The van der Waals surface area contributed by atoms with Gasteiger partial charge in [-0.2, -0.15) is 5.26 Å². The minimum atomic E-state index is -0.376. The Hall–Kier alpha value is -3.98. The Labute approximate surface area is 167 Å². The second-order valence-corrected chi connectivity index (χ2v) is 6.29. The van der Waals surface area contributed by atoms with E-state index in [4.69, 9.17) is 5.26 Å². The van der Waals surface area contributed by atoms with Gasteiger partial charge in [-0.05, 0) is 54.4 Å². The van der Waals surface area contributed by atoms with Crippen molar-refractivity contribution in [2.75, 3.05) is 11.9 Å². The molecule has 0 spiro atoms. The maximum Gasteiger partial charge on any atom is 0.255 e. The van der Waals surface area contributed by atoms with Crippen molar-refractivity contribution in [1.82, 2.24) is 5.32 Å². The molecular formula is C23H18FN3O2. The van der Waals surface area contributed by atoms with Gasteiger partial charge in [-0.3, -0.25) is 9.59 Å². The van der Waals surface area contributed by atoms with E-state index in [0.29, 0.717) is 40.9 Å². The molecular weight excluding hydrogens is 369 g/mol. The van der Waals surface area contributed by atoms with Gasteiger partial charge in [0.1, 0.15) is 11.9 Å². The Bertz CT molecular complexity index is 1070. The Morgan fingerprint density at radius 1 is 0.862 bits per heavy atom. The topological polar surface area (TPSA) is 82.0 Å². The molecule has 29 heavy (non-hydrogen) atoms. The molecule has 0 atom stereocenters. The molecule has 0 bridgehead atoms. The molecule has 144 valence electrons. The fraction of sp³-hybridized carbons (Fsp3) is 0.0870. The van der Waals surface area contributed by atoms with Crippen molar-refractivity contribution >= 4 is 17.5 Å². The molecule has 2 amide bonds. The van der Waals surface area contributed by atoms with E-state index in [0.717, 1.165) is 0 Å². The number of para-hydroxylation sites is 1. The molecule has 0 unspecified atom stereocenters. The van der Waals surface area contributed by atoms with E-state index < -0.39 is 0 Å². The van der Waals surface area contributed by atoms with Crippen LogP contribution in [0.1, 0.15) is 31.8 Å². The number of anilines is 1. The summed E-state index contributed by atoms with van der Waals surface area (Å²) in [5.41, 5.74) is 2.09. The summed E-state index contributed by atoms with van der Waals surface area (Å²) in [4.78, 5) is 24.6. The predicted octanol–water partition coefficient (Wildman–Crippen LogP) is 3.92. The summed E-state index contributed by atoms with van der Waals surface area (Å²) in [5, 5.41) is 14.5. The summed E-state index contributed by atoms with van der Waals surface area (Å²) in [6.07, 6.45) is 0.386. The highest BCUT2D eigenvalue weighted by Gasteiger charge is 2.11. The lowest BCUT2D eigenvalue weighted by Crippen LogP contribution is -2.26. The second kappa shape index (κ2) is 9.29. The van der Waals surface area contributed by atoms with Crippen LogP contribution in [0.2, 0.25) is 0 Å². The van der Waals surface area contributed by atoms with Crippen molar-refractivity contribution in [1.29, 1.82) is 5.26 Å². The molecule has 0 aromatic heterocycles. The van der Waals surface area contributed by atoms with E-state index in [1.165, 1.54) is 18.2 Å². The molecule has 3 rings (SSSR count). The molecule has 5 nitrogen and oxygen atoms in total. The summed E-state index contributed by atoms with van der Waals surface area (Å²) in [6.45, 7) is 0.299. The number of nitrogens with zero attached hydrogens (tertiary/aromatic N) is 1. The lowest BCUT2D eigenvalue weighted by atomic mass is 10.1. The van der Waals surface area contributed by atoms with Crippen LogP contribution in [0, 0.1) is 17.1 Å². The molecule has 6 heteroatoms. The van der Waals surface area contributed by atoms with E-state index in [1.807, 2.05) is 6.07 Å².